The number of ketones is 1. The Morgan fingerprint density at radius 3 is 2.53 bits per heavy atom. The zero-order valence-corrected chi connectivity index (χ0v) is 12.1. The van der Waals surface area contributed by atoms with E-state index in [0.717, 1.165) is 15.6 Å². The van der Waals surface area contributed by atoms with E-state index >= 15 is 0 Å². The van der Waals surface area contributed by atoms with Crippen LogP contribution < -0.4 is 0 Å². The number of Topliss-reactive ketones (excluding diaryl/α,β-unsaturated/α-hetero) is 1. The summed E-state index contributed by atoms with van der Waals surface area (Å²) in [5, 5.41) is 5.18. The lowest BCUT2D eigenvalue weighted by Crippen LogP contribution is -1.99. The fourth-order valence-corrected chi connectivity index (χ4v) is 2.99. The molecule has 0 aliphatic rings. The van der Waals surface area contributed by atoms with Crippen molar-refractivity contribution in [1.82, 2.24) is 9.78 Å². The lowest BCUT2D eigenvalue weighted by molar-refractivity contribution is 0.101. The van der Waals surface area contributed by atoms with Crippen LogP contribution in [-0.2, 0) is 7.05 Å². The molecular formula is C14H15FN2OS. The molecule has 0 spiro atoms. The topological polar surface area (TPSA) is 34.9 Å². The van der Waals surface area contributed by atoms with Crippen molar-refractivity contribution >= 4 is 17.5 Å². The molecular weight excluding hydrogens is 263 g/mol. The zero-order valence-electron chi connectivity index (χ0n) is 11.3. The van der Waals surface area contributed by atoms with Gasteiger partial charge in [-0.15, -0.1) is 0 Å². The van der Waals surface area contributed by atoms with Crippen LogP contribution in [0, 0.1) is 19.7 Å². The highest BCUT2D eigenvalue weighted by Gasteiger charge is 2.14. The third-order valence-electron chi connectivity index (χ3n) is 2.81. The third kappa shape index (κ3) is 2.87. The molecule has 0 fully saturated rings. The van der Waals surface area contributed by atoms with Gasteiger partial charge in [0.25, 0.3) is 0 Å². The Bertz CT molecular complexity index is 649. The second-order valence-corrected chi connectivity index (χ2v) is 5.57. The van der Waals surface area contributed by atoms with E-state index in [-0.39, 0.29) is 11.6 Å². The molecule has 0 saturated heterocycles. The monoisotopic (exact) mass is 278 g/mol. The number of carbonyl (C=O) groups excluding carboxylic acids is 1. The molecule has 3 nitrogen and oxygen atoms in total. The van der Waals surface area contributed by atoms with E-state index in [9.17, 15) is 9.18 Å². The van der Waals surface area contributed by atoms with Crippen LogP contribution >= 0.6 is 11.8 Å². The van der Waals surface area contributed by atoms with E-state index in [0.29, 0.717) is 11.1 Å². The second-order valence-electron chi connectivity index (χ2n) is 4.50. The van der Waals surface area contributed by atoms with Gasteiger partial charge in [-0.3, -0.25) is 9.48 Å². The Hall–Kier alpha value is -1.62. The highest BCUT2D eigenvalue weighted by molar-refractivity contribution is 7.99. The standard InChI is InChI=1S/C14H15FN2OS/c1-8-5-13(11(10(3)18)7-12(8)15)19-14-6-9(2)16-17(14)4/h5-7H,1-4H3. The number of aryl methyl sites for hydroxylation is 3. The maximum atomic E-state index is 13.6. The first kappa shape index (κ1) is 13.8. The van der Waals surface area contributed by atoms with E-state index in [1.165, 1.54) is 24.8 Å². The predicted octanol–water partition coefficient (Wildman–Crippen LogP) is 3.53. The first-order valence-corrected chi connectivity index (χ1v) is 6.69. The highest BCUT2D eigenvalue weighted by Crippen LogP contribution is 2.32. The Morgan fingerprint density at radius 2 is 2.00 bits per heavy atom. The predicted molar refractivity (Wildman–Crippen MR) is 73.2 cm³/mol. The zero-order chi connectivity index (χ0) is 14.2. The van der Waals surface area contributed by atoms with Gasteiger partial charge in [0.2, 0.25) is 0 Å². The van der Waals surface area contributed by atoms with Crippen molar-refractivity contribution in [1.29, 1.82) is 0 Å². The van der Waals surface area contributed by atoms with Crippen LogP contribution in [0.2, 0.25) is 0 Å². The molecule has 0 saturated carbocycles. The number of hydrogen-bond donors (Lipinski definition) is 0. The van der Waals surface area contributed by atoms with Crippen LogP contribution in [0.15, 0.2) is 28.1 Å². The van der Waals surface area contributed by atoms with Crippen LogP contribution in [0.3, 0.4) is 0 Å². The smallest absolute Gasteiger partial charge is 0.161 e. The Morgan fingerprint density at radius 1 is 1.32 bits per heavy atom. The molecule has 0 aliphatic carbocycles. The van der Waals surface area contributed by atoms with Gasteiger partial charge in [0.15, 0.2) is 5.78 Å². The maximum absolute atomic E-state index is 13.6. The number of halogens is 1. The van der Waals surface area contributed by atoms with Gasteiger partial charge in [-0.25, -0.2) is 4.39 Å². The first-order chi connectivity index (χ1) is 8.88. The van der Waals surface area contributed by atoms with Gasteiger partial charge in [0.1, 0.15) is 5.82 Å². The Labute approximate surface area is 115 Å². The Balaban J connectivity index is 2.47. The summed E-state index contributed by atoms with van der Waals surface area (Å²) in [5.74, 6) is -0.490. The van der Waals surface area contributed by atoms with Crippen LogP contribution in [-0.4, -0.2) is 15.6 Å². The summed E-state index contributed by atoms with van der Waals surface area (Å²) in [6, 6.07) is 4.95. The van der Waals surface area contributed by atoms with Crippen molar-refractivity contribution in [3.05, 3.63) is 40.8 Å². The minimum Gasteiger partial charge on any atom is -0.294 e. The summed E-state index contributed by atoms with van der Waals surface area (Å²) >= 11 is 1.43. The first-order valence-electron chi connectivity index (χ1n) is 5.88. The lowest BCUT2D eigenvalue weighted by atomic mass is 10.1. The van der Waals surface area contributed by atoms with Gasteiger partial charge in [-0.2, -0.15) is 5.10 Å². The SMILES string of the molecule is CC(=O)c1cc(F)c(C)cc1Sc1cc(C)nn1C. The summed E-state index contributed by atoms with van der Waals surface area (Å²) in [7, 11) is 1.85. The molecule has 0 radical (unpaired) electrons. The molecule has 1 aromatic heterocycles. The van der Waals surface area contributed by atoms with Gasteiger partial charge in [-0.1, -0.05) is 11.8 Å². The highest BCUT2D eigenvalue weighted by atomic mass is 32.2. The van der Waals surface area contributed by atoms with E-state index in [1.54, 1.807) is 17.7 Å². The fraction of sp³-hybridized carbons (Fsp3) is 0.286. The van der Waals surface area contributed by atoms with Crippen molar-refractivity contribution in [2.45, 2.75) is 30.7 Å². The molecule has 0 bridgehead atoms. The molecule has 19 heavy (non-hydrogen) atoms. The fourth-order valence-electron chi connectivity index (χ4n) is 1.81. The van der Waals surface area contributed by atoms with Crippen LogP contribution in [0.4, 0.5) is 4.39 Å². The number of rotatable bonds is 3. The van der Waals surface area contributed by atoms with E-state index < -0.39 is 0 Å². The summed E-state index contributed by atoms with van der Waals surface area (Å²) in [5.41, 5.74) is 1.85. The number of benzene rings is 1. The van der Waals surface area contributed by atoms with Gasteiger partial charge >= 0.3 is 0 Å². The summed E-state index contributed by atoms with van der Waals surface area (Å²) in [6.45, 7) is 5.05. The average molecular weight is 278 g/mol. The number of aromatic nitrogens is 2. The van der Waals surface area contributed by atoms with Gasteiger partial charge < -0.3 is 0 Å². The molecule has 2 aromatic rings. The van der Waals surface area contributed by atoms with Crippen LogP contribution in [0.5, 0.6) is 0 Å². The minimum absolute atomic E-state index is 0.139. The van der Waals surface area contributed by atoms with Gasteiger partial charge in [-0.05, 0) is 44.5 Å². The molecule has 100 valence electrons. The molecule has 0 unspecified atom stereocenters. The van der Waals surface area contributed by atoms with Crippen molar-refractivity contribution < 1.29 is 9.18 Å². The molecule has 0 aliphatic heterocycles. The molecule has 0 atom stereocenters. The average Bonchev–Trinajstić information content (AvgIpc) is 2.62. The third-order valence-corrected chi connectivity index (χ3v) is 3.96. The number of carbonyl (C=O) groups is 1. The minimum atomic E-state index is -0.351. The molecule has 5 heteroatoms. The molecule has 0 amide bonds. The normalized spacial score (nSPS) is 10.8. The van der Waals surface area contributed by atoms with E-state index in [4.69, 9.17) is 0 Å². The van der Waals surface area contributed by atoms with E-state index in [2.05, 4.69) is 5.10 Å². The van der Waals surface area contributed by atoms with Crippen molar-refractivity contribution in [3.8, 4) is 0 Å². The number of hydrogen-bond acceptors (Lipinski definition) is 3. The van der Waals surface area contributed by atoms with Gasteiger partial charge in [0, 0.05) is 17.5 Å². The number of nitrogens with zero attached hydrogens (tertiary/aromatic N) is 2. The summed E-state index contributed by atoms with van der Waals surface area (Å²) < 4.78 is 15.3. The van der Waals surface area contributed by atoms with E-state index in [1.807, 2.05) is 20.0 Å². The quantitative estimate of drug-likeness (QED) is 0.806. The van der Waals surface area contributed by atoms with Crippen molar-refractivity contribution in [2.24, 2.45) is 7.05 Å². The maximum Gasteiger partial charge on any atom is 0.161 e. The molecule has 1 aromatic carbocycles. The largest absolute Gasteiger partial charge is 0.294 e. The summed E-state index contributed by atoms with van der Waals surface area (Å²) in [6.07, 6.45) is 0. The summed E-state index contributed by atoms with van der Waals surface area (Å²) in [4.78, 5) is 12.4. The molecule has 1 heterocycles. The van der Waals surface area contributed by atoms with Crippen LogP contribution in [0.25, 0.3) is 0 Å². The lowest BCUT2D eigenvalue weighted by Gasteiger charge is -2.09. The van der Waals surface area contributed by atoms with Crippen molar-refractivity contribution in [2.75, 3.05) is 0 Å². The Kier molecular flexibility index (Phi) is 3.75. The molecule has 2 rings (SSSR count). The van der Waals surface area contributed by atoms with Gasteiger partial charge in [0.05, 0.1) is 10.7 Å². The van der Waals surface area contributed by atoms with Crippen LogP contribution in [0.1, 0.15) is 28.5 Å². The van der Waals surface area contributed by atoms with Crippen molar-refractivity contribution in [3.63, 3.8) is 0 Å². The molecule has 0 N–H and O–H groups in total. The second kappa shape index (κ2) is 5.17.